The minimum atomic E-state index is -0.235. The number of ether oxygens (including phenoxy) is 1. The van der Waals surface area contributed by atoms with Gasteiger partial charge in [0.1, 0.15) is 5.75 Å². The number of rotatable bonds is 3. The Hall–Kier alpha value is -2.47. The zero-order valence-corrected chi connectivity index (χ0v) is 12.7. The minimum Gasteiger partial charge on any atom is -0.482 e. The number of carbonyl (C=O) groups excluding carboxylic acids is 2. The highest BCUT2D eigenvalue weighted by Gasteiger charge is 2.17. The third-order valence-electron chi connectivity index (χ3n) is 3.20. The molecule has 0 bridgehead atoms. The van der Waals surface area contributed by atoms with Crippen LogP contribution in [0.25, 0.3) is 0 Å². The number of thioether (sulfide) groups is 1. The Labute approximate surface area is 132 Å². The van der Waals surface area contributed by atoms with Gasteiger partial charge in [0.2, 0.25) is 0 Å². The van der Waals surface area contributed by atoms with Gasteiger partial charge in [0.05, 0.1) is 5.69 Å². The lowest BCUT2D eigenvalue weighted by molar-refractivity contribution is -0.118. The van der Waals surface area contributed by atoms with Gasteiger partial charge in [0.15, 0.2) is 6.61 Å². The smallest absolute Gasteiger partial charge is 0.262 e. The van der Waals surface area contributed by atoms with E-state index in [2.05, 4.69) is 10.6 Å². The van der Waals surface area contributed by atoms with Crippen molar-refractivity contribution in [1.82, 2.24) is 0 Å². The molecule has 1 aliphatic rings. The van der Waals surface area contributed by atoms with Crippen LogP contribution in [0.4, 0.5) is 11.4 Å². The molecular formula is C16H14N2O3S. The number of fused-ring (bicyclic) bond motifs is 1. The second kappa shape index (κ2) is 6.11. The number of hydrogen-bond donors (Lipinski definition) is 2. The van der Waals surface area contributed by atoms with Gasteiger partial charge in [-0.25, -0.2) is 0 Å². The molecule has 1 aliphatic heterocycles. The molecule has 0 saturated heterocycles. The van der Waals surface area contributed by atoms with E-state index in [0.29, 0.717) is 17.0 Å². The molecule has 0 unspecified atom stereocenters. The van der Waals surface area contributed by atoms with Crippen molar-refractivity contribution < 1.29 is 14.3 Å². The standard InChI is InChI=1S/C16H14N2O3S/c1-22-12-4-2-3-11(8-12)17-16(20)10-5-6-14-13(7-10)18-15(19)9-21-14/h2-8H,9H2,1H3,(H,17,20)(H,18,19). The number of hydrogen-bond acceptors (Lipinski definition) is 4. The summed E-state index contributed by atoms with van der Waals surface area (Å²) in [5.41, 5.74) is 1.70. The SMILES string of the molecule is CSc1cccc(NC(=O)c2ccc3c(c2)NC(=O)CO3)c1. The zero-order chi connectivity index (χ0) is 15.5. The van der Waals surface area contributed by atoms with Crippen LogP contribution in [0.5, 0.6) is 5.75 Å². The molecule has 0 aliphatic carbocycles. The van der Waals surface area contributed by atoms with Gasteiger partial charge in [-0.2, -0.15) is 0 Å². The molecule has 0 fully saturated rings. The molecule has 0 aromatic heterocycles. The molecule has 0 radical (unpaired) electrons. The van der Waals surface area contributed by atoms with E-state index in [1.54, 1.807) is 30.0 Å². The van der Waals surface area contributed by atoms with E-state index in [1.807, 2.05) is 30.5 Å². The predicted molar refractivity (Wildman–Crippen MR) is 86.7 cm³/mol. The Morgan fingerprint density at radius 3 is 2.95 bits per heavy atom. The van der Waals surface area contributed by atoms with Gasteiger partial charge in [-0.15, -0.1) is 11.8 Å². The number of anilines is 2. The Kier molecular flexibility index (Phi) is 4.02. The summed E-state index contributed by atoms with van der Waals surface area (Å²) in [5.74, 6) is 0.110. The Balaban J connectivity index is 1.80. The quantitative estimate of drug-likeness (QED) is 0.855. The summed E-state index contributed by atoms with van der Waals surface area (Å²) < 4.78 is 5.27. The molecule has 0 saturated carbocycles. The lowest BCUT2D eigenvalue weighted by Crippen LogP contribution is -2.25. The maximum absolute atomic E-state index is 12.3. The maximum Gasteiger partial charge on any atom is 0.262 e. The summed E-state index contributed by atoms with van der Waals surface area (Å²) in [6.45, 7) is 0.0000196. The van der Waals surface area contributed by atoms with Crippen LogP contribution in [-0.4, -0.2) is 24.7 Å². The van der Waals surface area contributed by atoms with Crippen LogP contribution in [-0.2, 0) is 4.79 Å². The van der Waals surface area contributed by atoms with Crippen LogP contribution >= 0.6 is 11.8 Å². The van der Waals surface area contributed by atoms with Crippen molar-refractivity contribution in [1.29, 1.82) is 0 Å². The molecule has 6 heteroatoms. The van der Waals surface area contributed by atoms with Crippen molar-refractivity contribution in [2.45, 2.75) is 4.90 Å². The van der Waals surface area contributed by atoms with Gasteiger partial charge < -0.3 is 15.4 Å². The average molecular weight is 314 g/mol. The molecule has 0 atom stereocenters. The van der Waals surface area contributed by atoms with Crippen molar-refractivity contribution in [3.05, 3.63) is 48.0 Å². The highest BCUT2D eigenvalue weighted by Crippen LogP contribution is 2.29. The van der Waals surface area contributed by atoms with Crippen molar-refractivity contribution >= 4 is 35.0 Å². The van der Waals surface area contributed by atoms with Crippen molar-refractivity contribution in [2.75, 3.05) is 23.5 Å². The van der Waals surface area contributed by atoms with Crippen molar-refractivity contribution in [3.63, 3.8) is 0 Å². The summed E-state index contributed by atoms with van der Waals surface area (Å²) in [6, 6.07) is 12.6. The first-order valence-corrected chi connectivity index (χ1v) is 7.90. The first kappa shape index (κ1) is 14.5. The van der Waals surface area contributed by atoms with Gasteiger partial charge in [-0.05, 0) is 42.7 Å². The molecule has 22 heavy (non-hydrogen) atoms. The fourth-order valence-corrected chi connectivity index (χ4v) is 2.59. The van der Waals surface area contributed by atoms with Crippen LogP contribution in [0.3, 0.4) is 0 Å². The second-order valence-corrected chi connectivity index (χ2v) is 5.61. The third-order valence-corrected chi connectivity index (χ3v) is 3.93. The number of amides is 2. The molecule has 2 aromatic carbocycles. The van der Waals surface area contributed by atoms with E-state index in [0.717, 1.165) is 10.6 Å². The summed E-state index contributed by atoms with van der Waals surface area (Å²) in [5, 5.41) is 5.54. The molecule has 3 rings (SSSR count). The Bertz CT molecular complexity index is 746. The third kappa shape index (κ3) is 3.07. The molecule has 0 spiro atoms. The van der Waals surface area contributed by atoms with Crippen LogP contribution in [0.15, 0.2) is 47.4 Å². The molecule has 112 valence electrons. The van der Waals surface area contributed by atoms with Crippen LogP contribution in [0.2, 0.25) is 0 Å². The average Bonchev–Trinajstić information content (AvgIpc) is 2.54. The maximum atomic E-state index is 12.3. The first-order chi connectivity index (χ1) is 10.7. The fourth-order valence-electron chi connectivity index (χ4n) is 2.13. The molecule has 1 heterocycles. The van der Waals surface area contributed by atoms with Crippen LogP contribution < -0.4 is 15.4 Å². The van der Waals surface area contributed by atoms with Crippen LogP contribution in [0.1, 0.15) is 10.4 Å². The highest BCUT2D eigenvalue weighted by atomic mass is 32.2. The van der Waals surface area contributed by atoms with E-state index in [4.69, 9.17) is 4.74 Å². The summed E-state index contributed by atoms with van der Waals surface area (Å²) in [4.78, 5) is 24.7. The number of benzene rings is 2. The zero-order valence-electron chi connectivity index (χ0n) is 11.9. The Morgan fingerprint density at radius 1 is 1.27 bits per heavy atom. The van der Waals surface area contributed by atoms with Crippen molar-refractivity contribution in [3.8, 4) is 5.75 Å². The van der Waals surface area contributed by atoms with Gasteiger partial charge in [0.25, 0.3) is 11.8 Å². The van der Waals surface area contributed by atoms with E-state index in [-0.39, 0.29) is 18.4 Å². The molecular weight excluding hydrogens is 300 g/mol. The summed E-state index contributed by atoms with van der Waals surface area (Å²) >= 11 is 1.61. The molecule has 2 N–H and O–H groups in total. The number of nitrogens with one attached hydrogen (secondary N) is 2. The van der Waals surface area contributed by atoms with Gasteiger partial charge in [-0.3, -0.25) is 9.59 Å². The lowest BCUT2D eigenvalue weighted by Gasteiger charge is -2.18. The lowest BCUT2D eigenvalue weighted by atomic mass is 10.1. The first-order valence-electron chi connectivity index (χ1n) is 6.68. The van der Waals surface area contributed by atoms with Crippen molar-refractivity contribution in [2.24, 2.45) is 0 Å². The van der Waals surface area contributed by atoms with E-state index in [1.165, 1.54) is 0 Å². The largest absolute Gasteiger partial charge is 0.482 e. The molecule has 2 amide bonds. The summed E-state index contributed by atoms with van der Waals surface area (Å²) in [6.07, 6.45) is 1.98. The summed E-state index contributed by atoms with van der Waals surface area (Å²) in [7, 11) is 0. The predicted octanol–water partition coefficient (Wildman–Crippen LogP) is 2.99. The van der Waals surface area contributed by atoms with Gasteiger partial charge in [0, 0.05) is 16.1 Å². The van der Waals surface area contributed by atoms with Gasteiger partial charge in [-0.1, -0.05) is 6.07 Å². The van der Waals surface area contributed by atoms with E-state index in [9.17, 15) is 9.59 Å². The second-order valence-electron chi connectivity index (χ2n) is 4.73. The van der Waals surface area contributed by atoms with E-state index >= 15 is 0 Å². The van der Waals surface area contributed by atoms with Gasteiger partial charge >= 0.3 is 0 Å². The topological polar surface area (TPSA) is 67.4 Å². The monoisotopic (exact) mass is 314 g/mol. The molecule has 2 aromatic rings. The van der Waals surface area contributed by atoms with Crippen LogP contribution in [0, 0.1) is 0 Å². The molecule has 5 nitrogen and oxygen atoms in total. The highest BCUT2D eigenvalue weighted by molar-refractivity contribution is 7.98. The Morgan fingerprint density at radius 2 is 2.14 bits per heavy atom. The number of carbonyl (C=O) groups is 2. The normalized spacial score (nSPS) is 12.9. The fraction of sp³-hybridized carbons (Fsp3) is 0.125. The minimum absolute atomic E-state index is 0.0000196. The van der Waals surface area contributed by atoms with E-state index < -0.39 is 0 Å².